The first-order valence-electron chi connectivity index (χ1n) is 6.40. The Bertz CT molecular complexity index is 225. The van der Waals surface area contributed by atoms with E-state index in [4.69, 9.17) is 0 Å². The molecule has 0 fully saturated rings. The van der Waals surface area contributed by atoms with Crippen LogP contribution in [0.3, 0.4) is 0 Å². The van der Waals surface area contributed by atoms with Gasteiger partial charge in [0.15, 0.2) is 0 Å². The molecule has 86 valence electrons. The fourth-order valence-corrected chi connectivity index (χ4v) is 2.89. The molecule has 1 unspecified atom stereocenters. The fraction of sp³-hybridized carbons (Fsp3) is 0.714. The van der Waals surface area contributed by atoms with Crippen LogP contribution in [0.15, 0.2) is 16.8 Å². The molecule has 1 rings (SSSR count). The van der Waals surface area contributed by atoms with Crippen molar-refractivity contribution in [3.8, 4) is 0 Å². The summed E-state index contributed by atoms with van der Waals surface area (Å²) in [6, 6.07) is 2.31. The molecule has 0 aliphatic rings. The highest BCUT2D eigenvalue weighted by molar-refractivity contribution is 7.07. The van der Waals surface area contributed by atoms with E-state index in [1.165, 1.54) is 44.9 Å². The summed E-state index contributed by atoms with van der Waals surface area (Å²) in [6.07, 6.45) is 9.65. The average molecular weight is 224 g/mol. The molecule has 0 saturated heterocycles. The Kier molecular flexibility index (Phi) is 6.74. The largest absolute Gasteiger partial charge is 0.152 e. The third-order valence-electron chi connectivity index (χ3n) is 3.06. The Balaban J connectivity index is 2.31. The van der Waals surface area contributed by atoms with Crippen molar-refractivity contribution in [2.45, 2.75) is 64.7 Å². The second kappa shape index (κ2) is 7.92. The number of rotatable bonds is 8. The first-order chi connectivity index (χ1) is 7.38. The first kappa shape index (κ1) is 12.8. The zero-order valence-corrected chi connectivity index (χ0v) is 11.0. The smallest absolute Gasteiger partial charge is 0.00584 e. The van der Waals surface area contributed by atoms with Crippen molar-refractivity contribution in [1.29, 1.82) is 0 Å². The molecule has 0 radical (unpaired) electrons. The van der Waals surface area contributed by atoms with Crippen LogP contribution in [0.1, 0.15) is 70.3 Å². The summed E-state index contributed by atoms with van der Waals surface area (Å²) in [4.78, 5) is 0. The summed E-state index contributed by atoms with van der Waals surface area (Å²) in [5, 5.41) is 4.55. The predicted octanol–water partition coefficient (Wildman–Crippen LogP) is 5.60. The summed E-state index contributed by atoms with van der Waals surface area (Å²) in [7, 11) is 0. The zero-order chi connectivity index (χ0) is 10.9. The van der Waals surface area contributed by atoms with Crippen LogP contribution in [0.4, 0.5) is 0 Å². The van der Waals surface area contributed by atoms with Crippen LogP contribution in [-0.2, 0) is 0 Å². The van der Waals surface area contributed by atoms with Gasteiger partial charge >= 0.3 is 0 Å². The van der Waals surface area contributed by atoms with E-state index < -0.39 is 0 Å². The van der Waals surface area contributed by atoms with Crippen molar-refractivity contribution >= 4 is 11.3 Å². The molecule has 0 amide bonds. The molecule has 0 spiro atoms. The predicted molar refractivity (Wildman–Crippen MR) is 70.7 cm³/mol. The Morgan fingerprint density at radius 3 is 2.53 bits per heavy atom. The standard InChI is InChI=1S/C14H24S/c1-3-5-6-7-9-13(8-4-2)14-10-11-15-12-14/h10-13H,3-9H2,1-2H3. The van der Waals surface area contributed by atoms with E-state index in [0.29, 0.717) is 0 Å². The maximum atomic E-state index is 2.33. The lowest BCUT2D eigenvalue weighted by Gasteiger charge is -2.14. The molecule has 0 bridgehead atoms. The lowest BCUT2D eigenvalue weighted by molar-refractivity contribution is 0.522. The van der Waals surface area contributed by atoms with E-state index >= 15 is 0 Å². The Morgan fingerprint density at radius 2 is 1.93 bits per heavy atom. The molecule has 0 nitrogen and oxygen atoms in total. The van der Waals surface area contributed by atoms with Gasteiger partial charge in [-0.25, -0.2) is 0 Å². The minimum absolute atomic E-state index is 0.832. The van der Waals surface area contributed by atoms with Crippen molar-refractivity contribution in [3.63, 3.8) is 0 Å². The van der Waals surface area contributed by atoms with Crippen LogP contribution < -0.4 is 0 Å². The summed E-state index contributed by atoms with van der Waals surface area (Å²) in [5.41, 5.74) is 1.58. The van der Waals surface area contributed by atoms with E-state index in [2.05, 4.69) is 30.7 Å². The van der Waals surface area contributed by atoms with Crippen LogP contribution in [-0.4, -0.2) is 0 Å². The van der Waals surface area contributed by atoms with E-state index in [1.54, 1.807) is 5.56 Å². The van der Waals surface area contributed by atoms with Gasteiger partial charge in [-0.05, 0) is 41.1 Å². The Labute approximate surface area is 98.7 Å². The van der Waals surface area contributed by atoms with Crippen LogP contribution >= 0.6 is 11.3 Å². The van der Waals surface area contributed by atoms with Crippen LogP contribution in [0.2, 0.25) is 0 Å². The SMILES string of the molecule is CCCCCCC(CCC)c1ccsc1. The highest BCUT2D eigenvalue weighted by Crippen LogP contribution is 2.28. The maximum absolute atomic E-state index is 2.33. The molecule has 1 aromatic rings. The Hall–Kier alpha value is -0.300. The fourth-order valence-electron chi connectivity index (χ4n) is 2.15. The topological polar surface area (TPSA) is 0 Å². The highest BCUT2D eigenvalue weighted by atomic mass is 32.1. The molecular formula is C14H24S. The third-order valence-corrected chi connectivity index (χ3v) is 3.76. The van der Waals surface area contributed by atoms with Gasteiger partial charge in [-0.3, -0.25) is 0 Å². The number of hydrogen-bond acceptors (Lipinski definition) is 1. The van der Waals surface area contributed by atoms with Crippen molar-refractivity contribution in [2.24, 2.45) is 0 Å². The van der Waals surface area contributed by atoms with Crippen LogP contribution in [0.5, 0.6) is 0 Å². The normalized spacial score (nSPS) is 12.9. The first-order valence-corrected chi connectivity index (χ1v) is 7.34. The lowest BCUT2D eigenvalue weighted by Crippen LogP contribution is -1.97. The van der Waals surface area contributed by atoms with Gasteiger partial charge in [0.05, 0.1) is 0 Å². The van der Waals surface area contributed by atoms with Gasteiger partial charge in [0.25, 0.3) is 0 Å². The Morgan fingerprint density at radius 1 is 1.07 bits per heavy atom. The van der Waals surface area contributed by atoms with Gasteiger partial charge in [0.2, 0.25) is 0 Å². The van der Waals surface area contributed by atoms with Gasteiger partial charge in [0, 0.05) is 0 Å². The molecular weight excluding hydrogens is 200 g/mol. The van der Waals surface area contributed by atoms with E-state index in [9.17, 15) is 0 Å². The second-order valence-corrected chi connectivity index (χ2v) is 5.17. The van der Waals surface area contributed by atoms with E-state index in [1.807, 2.05) is 11.3 Å². The minimum Gasteiger partial charge on any atom is -0.152 e. The molecule has 1 atom stereocenters. The van der Waals surface area contributed by atoms with Crippen molar-refractivity contribution in [1.82, 2.24) is 0 Å². The minimum atomic E-state index is 0.832. The summed E-state index contributed by atoms with van der Waals surface area (Å²) >= 11 is 1.84. The van der Waals surface area contributed by atoms with Crippen molar-refractivity contribution < 1.29 is 0 Å². The van der Waals surface area contributed by atoms with E-state index in [-0.39, 0.29) is 0 Å². The van der Waals surface area contributed by atoms with Crippen LogP contribution in [0, 0.1) is 0 Å². The summed E-state index contributed by atoms with van der Waals surface area (Å²) in [5.74, 6) is 0.832. The lowest BCUT2D eigenvalue weighted by atomic mass is 9.91. The number of thiophene rings is 1. The summed E-state index contributed by atoms with van der Waals surface area (Å²) < 4.78 is 0. The van der Waals surface area contributed by atoms with Gasteiger partial charge in [-0.1, -0.05) is 46.0 Å². The zero-order valence-electron chi connectivity index (χ0n) is 10.2. The second-order valence-electron chi connectivity index (χ2n) is 4.39. The monoisotopic (exact) mass is 224 g/mol. The average Bonchev–Trinajstić information content (AvgIpc) is 2.76. The molecule has 0 aromatic carbocycles. The number of hydrogen-bond donors (Lipinski definition) is 0. The maximum Gasteiger partial charge on any atom is -0.00584 e. The third kappa shape index (κ3) is 4.83. The molecule has 15 heavy (non-hydrogen) atoms. The molecule has 0 saturated carbocycles. The quantitative estimate of drug-likeness (QED) is 0.504. The molecule has 1 heterocycles. The van der Waals surface area contributed by atoms with Gasteiger partial charge < -0.3 is 0 Å². The molecule has 0 aliphatic carbocycles. The van der Waals surface area contributed by atoms with Gasteiger partial charge in [0.1, 0.15) is 0 Å². The van der Waals surface area contributed by atoms with Gasteiger partial charge in [-0.15, -0.1) is 0 Å². The molecule has 0 N–H and O–H groups in total. The highest BCUT2D eigenvalue weighted by Gasteiger charge is 2.10. The molecule has 1 aromatic heterocycles. The van der Waals surface area contributed by atoms with E-state index in [0.717, 1.165) is 5.92 Å². The molecule has 1 heteroatoms. The van der Waals surface area contributed by atoms with Crippen molar-refractivity contribution in [3.05, 3.63) is 22.4 Å². The van der Waals surface area contributed by atoms with Crippen LogP contribution in [0.25, 0.3) is 0 Å². The summed E-state index contributed by atoms with van der Waals surface area (Å²) in [6.45, 7) is 4.58. The number of unbranched alkanes of at least 4 members (excludes halogenated alkanes) is 3. The molecule has 0 aliphatic heterocycles. The van der Waals surface area contributed by atoms with Gasteiger partial charge in [-0.2, -0.15) is 11.3 Å². The van der Waals surface area contributed by atoms with Crippen molar-refractivity contribution in [2.75, 3.05) is 0 Å².